The van der Waals surface area contributed by atoms with Crippen molar-refractivity contribution in [1.82, 2.24) is 4.90 Å². The lowest BCUT2D eigenvalue weighted by Crippen LogP contribution is -2.55. The number of hydrogen-bond acceptors (Lipinski definition) is 2. The maximum Gasteiger partial charge on any atom is 0.0214 e. The van der Waals surface area contributed by atoms with Crippen molar-refractivity contribution in [2.24, 2.45) is 5.73 Å². The van der Waals surface area contributed by atoms with Crippen LogP contribution < -0.4 is 5.73 Å². The second-order valence-corrected chi connectivity index (χ2v) is 4.66. The van der Waals surface area contributed by atoms with Gasteiger partial charge in [0.15, 0.2) is 0 Å². The molecule has 2 heterocycles. The predicted octanol–water partition coefficient (Wildman–Crippen LogP) is 1.35. The van der Waals surface area contributed by atoms with E-state index in [4.69, 9.17) is 12.2 Å². The van der Waals surface area contributed by atoms with Gasteiger partial charge in [-0.15, -0.1) is 12.3 Å². The van der Waals surface area contributed by atoms with Gasteiger partial charge in [0.2, 0.25) is 0 Å². The van der Waals surface area contributed by atoms with Crippen LogP contribution in [0.1, 0.15) is 38.5 Å². The van der Waals surface area contributed by atoms with E-state index in [-0.39, 0.29) is 0 Å². The van der Waals surface area contributed by atoms with Crippen LogP contribution in [0.15, 0.2) is 0 Å². The number of rotatable bonds is 2. The first-order chi connectivity index (χ1) is 6.81. The molecule has 2 saturated heterocycles. The normalized spacial score (nSPS) is 37.9. The molecule has 0 aromatic heterocycles. The Morgan fingerprint density at radius 2 is 1.93 bits per heavy atom. The van der Waals surface area contributed by atoms with Gasteiger partial charge in [-0.2, -0.15) is 0 Å². The highest BCUT2D eigenvalue weighted by Gasteiger charge is 2.36. The molecule has 78 valence electrons. The van der Waals surface area contributed by atoms with Gasteiger partial charge in [-0.3, -0.25) is 4.90 Å². The molecule has 2 bridgehead atoms. The first-order valence-corrected chi connectivity index (χ1v) is 5.76. The van der Waals surface area contributed by atoms with E-state index in [1.165, 1.54) is 32.1 Å². The SMILES string of the molecule is C#CCCN1C2CCCC1CC(N)C2. The summed E-state index contributed by atoms with van der Waals surface area (Å²) >= 11 is 0. The van der Waals surface area contributed by atoms with Crippen molar-refractivity contribution in [3.05, 3.63) is 0 Å². The summed E-state index contributed by atoms with van der Waals surface area (Å²) in [5.74, 6) is 2.74. The first-order valence-electron chi connectivity index (χ1n) is 5.76. The summed E-state index contributed by atoms with van der Waals surface area (Å²) in [4.78, 5) is 2.62. The van der Waals surface area contributed by atoms with Gasteiger partial charge in [0.25, 0.3) is 0 Å². The van der Waals surface area contributed by atoms with Crippen LogP contribution in [0.3, 0.4) is 0 Å². The highest BCUT2D eigenvalue weighted by atomic mass is 15.2. The molecule has 0 aliphatic carbocycles. The maximum absolute atomic E-state index is 6.05. The van der Waals surface area contributed by atoms with Gasteiger partial charge in [0.05, 0.1) is 0 Å². The van der Waals surface area contributed by atoms with Crippen LogP contribution in [0, 0.1) is 12.3 Å². The van der Waals surface area contributed by atoms with Crippen molar-refractivity contribution in [3.8, 4) is 12.3 Å². The van der Waals surface area contributed by atoms with Gasteiger partial charge in [-0.25, -0.2) is 0 Å². The average molecular weight is 192 g/mol. The lowest BCUT2D eigenvalue weighted by atomic mass is 9.82. The molecule has 2 aliphatic rings. The van der Waals surface area contributed by atoms with Gasteiger partial charge in [-0.1, -0.05) is 6.42 Å². The zero-order chi connectivity index (χ0) is 9.97. The van der Waals surface area contributed by atoms with E-state index in [1.807, 2.05) is 0 Å². The van der Waals surface area contributed by atoms with Crippen LogP contribution in [-0.4, -0.2) is 29.6 Å². The molecule has 2 atom stereocenters. The monoisotopic (exact) mass is 192 g/mol. The van der Waals surface area contributed by atoms with Crippen molar-refractivity contribution in [3.63, 3.8) is 0 Å². The third-order valence-electron chi connectivity index (χ3n) is 3.68. The Labute approximate surface area is 86.8 Å². The van der Waals surface area contributed by atoms with Crippen LogP contribution in [0.4, 0.5) is 0 Å². The lowest BCUT2D eigenvalue weighted by molar-refractivity contribution is 0.0337. The molecule has 2 heteroatoms. The van der Waals surface area contributed by atoms with Gasteiger partial charge in [0, 0.05) is 31.1 Å². The van der Waals surface area contributed by atoms with Crippen molar-refractivity contribution in [1.29, 1.82) is 0 Å². The van der Waals surface area contributed by atoms with Crippen LogP contribution in [0.2, 0.25) is 0 Å². The fourth-order valence-corrected chi connectivity index (χ4v) is 3.08. The van der Waals surface area contributed by atoms with Crippen molar-refractivity contribution < 1.29 is 0 Å². The van der Waals surface area contributed by atoms with Gasteiger partial charge in [-0.05, 0) is 25.7 Å². The molecule has 2 unspecified atom stereocenters. The van der Waals surface area contributed by atoms with E-state index < -0.39 is 0 Å². The van der Waals surface area contributed by atoms with Gasteiger partial charge in [0.1, 0.15) is 0 Å². The highest BCUT2D eigenvalue weighted by Crippen LogP contribution is 2.33. The van der Waals surface area contributed by atoms with E-state index in [1.54, 1.807) is 0 Å². The predicted molar refractivity (Wildman–Crippen MR) is 58.8 cm³/mol. The van der Waals surface area contributed by atoms with E-state index in [2.05, 4.69) is 10.8 Å². The van der Waals surface area contributed by atoms with Crippen LogP contribution in [-0.2, 0) is 0 Å². The maximum atomic E-state index is 6.05. The summed E-state index contributed by atoms with van der Waals surface area (Å²) in [5, 5.41) is 0. The number of nitrogens with zero attached hydrogens (tertiary/aromatic N) is 1. The first kappa shape index (κ1) is 10.0. The fraction of sp³-hybridized carbons (Fsp3) is 0.833. The Morgan fingerprint density at radius 3 is 2.50 bits per heavy atom. The van der Waals surface area contributed by atoms with E-state index in [0.29, 0.717) is 6.04 Å². The molecule has 14 heavy (non-hydrogen) atoms. The van der Waals surface area contributed by atoms with E-state index in [9.17, 15) is 0 Å². The Kier molecular flexibility index (Phi) is 3.10. The number of nitrogens with two attached hydrogens (primary N) is 1. The minimum Gasteiger partial charge on any atom is -0.328 e. The quantitative estimate of drug-likeness (QED) is 0.669. The van der Waals surface area contributed by atoms with Gasteiger partial charge >= 0.3 is 0 Å². The topological polar surface area (TPSA) is 29.3 Å². The molecular formula is C12H20N2. The molecule has 0 aromatic rings. The molecule has 2 aliphatic heterocycles. The smallest absolute Gasteiger partial charge is 0.0214 e. The van der Waals surface area contributed by atoms with Crippen LogP contribution in [0.5, 0.6) is 0 Å². The second-order valence-electron chi connectivity index (χ2n) is 4.66. The molecule has 0 saturated carbocycles. The summed E-state index contributed by atoms with van der Waals surface area (Å²) in [6, 6.07) is 1.89. The van der Waals surface area contributed by atoms with Crippen molar-refractivity contribution >= 4 is 0 Å². The molecule has 2 rings (SSSR count). The van der Waals surface area contributed by atoms with Crippen molar-refractivity contribution in [2.45, 2.75) is 56.7 Å². The molecule has 2 nitrogen and oxygen atoms in total. The number of fused-ring (bicyclic) bond motifs is 2. The summed E-state index contributed by atoms with van der Waals surface area (Å²) in [7, 11) is 0. The minimum atomic E-state index is 0.437. The number of hydrogen-bond donors (Lipinski definition) is 1. The van der Waals surface area contributed by atoms with Crippen molar-refractivity contribution in [2.75, 3.05) is 6.54 Å². The molecule has 0 radical (unpaired) electrons. The Morgan fingerprint density at radius 1 is 1.29 bits per heavy atom. The van der Waals surface area contributed by atoms with E-state index >= 15 is 0 Å². The Bertz CT molecular complexity index is 217. The molecule has 0 aromatic carbocycles. The Balaban J connectivity index is 1.98. The largest absolute Gasteiger partial charge is 0.328 e. The van der Waals surface area contributed by atoms with Crippen LogP contribution in [0.25, 0.3) is 0 Å². The highest BCUT2D eigenvalue weighted by molar-refractivity contribution is 4.95. The summed E-state index contributed by atoms with van der Waals surface area (Å²) in [6.07, 6.45) is 12.6. The summed E-state index contributed by atoms with van der Waals surface area (Å²) < 4.78 is 0. The standard InChI is InChI=1S/C12H20N2/c1-2-3-7-14-11-5-4-6-12(14)9-10(13)8-11/h1,10-12H,3-9,13H2. The number of piperidine rings is 2. The fourth-order valence-electron chi connectivity index (χ4n) is 3.08. The third-order valence-corrected chi connectivity index (χ3v) is 3.68. The molecular weight excluding hydrogens is 172 g/mol. The third kappa shape index (κ3) is 1.94. The summed E-state index contributed by atoms with van der Waals surface area (Å²) in [5.41, 5.74) is 6.05. The zero-order valence-corrected chi connectivity index (χ0v) is 8.78. The van der Waals surface area contributed by atoms with E-state index in [0.717, 1.165) is 25.0 Å². The Hall–Kier alpha value is -0.520. The molecule has 0 spiro atoms. The molecule has 2 N–H and O–H groups in total. The molecule has 0 amide bonds. The number of terminal acetylenes is 1. The minimum absolute atomic E-state index is 0.437. The van der Waals surface area contributed by atoms with Gasteiger partial charge < -0.3 is 5.73 Å². The van der Waals surface area contributed by atoms with Crippen LogP contribution >= 0.6 is 0 Å². The second kappa shape index (κ2) is 4.33. The zero-order valence-electron chi connectivity index (χ0n) is 8.78. The lowest BCUT2D eigenvalue weighted by Gasteiger charge is -2.48. The average Bonchev–Trinajstić information content (AvgIpc) is 2.14. The summed E-state index contributed by atoms with van der Waals surface area (Å²) in [6.45, 7) is 1.08. The molecule has 2 fully saturated rings.